The van der Waals surface area contributed by atoms with Gasteiger partial charge in [0.15, 0.2) is 5.69 Å². The van der Waals surface area contributed by atoms with Crippen molar-refractivity contribution in [1.82, 2.24) is 20.4 Å². The third kappa shape index (κ3) is 3.90. The SMILES string of the molecule is Cn1cc(C(=O)NCc2cccs2)c(C(=O)NCc2cccs2)n1. The maximum absolute atomic E-state index is 12.4. The number of amides is 2. The maximum Gasteiger partial charge on any atom is 0.272 e. The van der Waals surface area contributed by atoms with Crippen molar-refractivity contribution in [3.8, 4) is 0 Å². The van der Waals surface area contributed by atoms with E-state index in [1.54, 1.807) is 35.9 Å². The summed E-state index contributed by atoms with van der Waals surface area (Å²) < 4.78 is 1.47. The fourth-order valence-corrected chi connectivity index (χ4v) is 3.45. The molecule has 2 amide bonds. The molecule has 8 heteroatoms. The highest BCUT2D eigenvalue weighted by Crippen LogP contribution is 2.11. The quantitative estimate of drug-likeness (QED) is 0.709. The van der Waals surface area contributed by atoms with Gasteiger partial charge in [-0.2, -0.15) is 5.10 Å². The Hall–Kier alpha value is -2.45. The highest BCUT2D eigenvalue weighted by Gasteiger charge is 2.21. The van der Waals surface area contributed by atoms with Crippen molar-refractivity contribution in [1.29, 1.82) is 0 Å². The molecule has 24 heavy (non-hydrogen) atoms. The van der Waals surface area contributed by atoms with Gasteiger partial charge < -0.3 is 10.6 Å². The topological polar surface area (TPSA) is 76.0 Å². The van der Waals surface area contributed by atoms with Crippen LogP contribution >= 0.6 is 22.7 Å². The van der Waals surface area contributed by atoms with Crippen molar-refractivity contribution in [3.63, 3.8) is 0 Å². The molecule has 124 valence electrons. The standard InChI is InChI=1S/C16H16N4O2S2/c1-20-10-13(15(21)17-8-11-4-2-6-23-11)14(19-20)16(22)18-9-12-5-3-7-24-12/h2-7,10H,8-9H2,1H3,(H,17,21)(H,18,22). The molecule has 3 heterocycles. The highest BCUT2D eigenvalue weighted by molar-refractivity contribution is 7.10. The largest absolute Gasteiger partial charge is 0.347 e. The predicted molar refractivity (Wildman–Crippen MR) is 94.2 cm³/mol. The molecule has 6 nitrogen and oxygen atoms in total. The van der Waals surface area contributed by atoms with Crippen molar-refractivity contribution in [3.05, 3.63) is 62.2 Å². The zero-order valence-corrected chi connectivity index (χ0v) is 14.6. The molecule has 0 unspecified atom stereocenters. The summed E-state index contributed by atoms with van der Waals surface area (Å²) >= 11 is 3.13. The molecule has 0 saturated heterocycles. The van der Waals surface area contributed by atoms with Crippen LogP contribution in [-0.4, -0.2) is 21.6 Å². The summed E-state index contributed by atoms with van der Waals surface area (Å²) in [5, 5.41) is 13.6. The van der Waals surface area contributed by atoms with E-state index in [4.69, 9.17) is 0 Å². The third-order valence-electron chi connectivity index (χ3n) is 3.30. The second-order valence-corrected chi connectivity index (χ2v) is 7.15. The van der Waals surface area contributed by atoms with Crippen LogP contribution in [0.3, 0.4) is 0 Å². The summed E-state index contributed by atoms with van der Waals surface area (Å²) in [6, 6.07) is 7.75. The van der Waals surface area contributed by atoms with Gasteiger partial charge >= 0.3 is 0 Å². The minimum atomic E-state index is -0.356. The van der Waals surface area contributed by atoms with E-state index in [9.17, 15) is 9.59 Å². The van der Waals surface area contributed by atoms with Crippen molar-refractivity contribution in [2.75, 3.05) is 0 Å². The van der Waals surface area contributed by atoms with Crippen LogP contribution in [0.15, 0.2) is 41.2 Å². The van der Waals surface area contributed by atoms with Crippen LogP contribution in [0.25, 0.3) is 0 Å². The molecular weight excluding hydrogens is 344 g/mol. The Labute approximate surface area is 147 Å². The van der Waals surface area contributed by atoms with Crippen LogP contribution in [0.1, 0.15) is 30.6 Å². The normalized spacial score (nSPS) is 10.5. The Morgan fingerprint density at radius 1 is 1.04 bits per heavy atom. The number of rotatable bonds is 6. The molecule has 3 aromatic rings. The van der Waals surface area contributed by atoms with Gasteiger partial charge in [-0.1, -0.05) is 12.1 Å². The lowest BCUT2D eigenvalue weighted by Gasteiger charge is -2.05. The number of hydrogen-bond donors (Lipinski definition) is 2. The lowest BCUT2D eigenvalue weighted by atomic mass is 10.2. The zero-order chi connectivity index (χ0) is 16.9. The number of carbonyl (C=O) groups is 2. The second-order valence-electron chi connectivity index (χ2n) is 5.09. The van der Waals surface area contributed by atoms with E-state index in [-0.39, 0.29) is 23.1 Å². The van der Waals surface area contributed by atoms with E-state index in [0.717, 1.165) is 9.75 Å². The third-order valence-corrected chi connectivity index (χ3v) is 5.05. The fourth-order valence-electron chi connectivity index (χ4n) is 2.16. The van der Waals surface area contributed by atoms with Gasteiger partial charge in [-0.25, -0.2) is 0 Å². The van der Waals surface area contributed by atoms with Gasteiger partial charge in [0, 0.05) is 23.0 Å². The van der Waals surface area contributed by atoms with Crippen LogP contribution in [0.2, 0.25) is 0 Å². The molecule has 0 aliphatic rings. The molecule has 0 saturated carbocycles. The molecule has 3 rings (SSSR count). The molecule has 0 bridgehead atoms. The van der Waals surface area contributed by atoms with Crippen molar-refractivity contribution >= 4 is 34.5 Å². The molecule has 0 radical (unpaired) electrons. The van der Waals surface area contributed by atoms with Gasteiger partial charge in [0.05, 0.1) is 18.7 Å². The average Bonchev–Trinajstić information content (AvgIpc) is 3.31. The number of nitrogens with one attached hydrogen (secondary N) is 2. The summed E-state index contributed by atoms with van der Waals surface area (Å²) in [7, 11) is 1.69. The fraction of sp³-hybridized carbons (Fsp3) is 0.188. The first-order valence-corrected chi connectivity index (χ1v) is 9.04. The summed E-state index contributed by atoms with van der Waals surface area (Å²) in [6.07, 6.45) is 1.56. The van der Waals surface area contributed by atoms with Crippen LogP contribution in [0.4, 0.5) is 0 Å². The second kappa shape index (κ2) is 7.41. The monoisotopic (exact) mass is 360 g/mol. The molecule has 2 N–H and O–H groups in total. The Balaban J connectivity index is 1.67. The van der Waals surface area contributed by atoms with Gasteiger partial charge in [-0.3, -0.25) is 14.3 Å². The maximum atomic E-state index is 12.4. The Morgan fingerprint density at radius 2 is 1.62 bits per heavy atom. The average molecular weight is 360 g/mol. The highest BCUT2D eigenvalue weighted by atomic mass is 32.1. The van der Waals surface area contributed by atoms with Gasteiger partial charge in [0.25, 0.3) is 11.8 Å². The predicted octanol–water partition coefficient (Wildman–Crippen LogP) is 2.40. The first-order chi connectivity index (χ1) is 11.6. The summed E-state index contributed by atoms with van der Waals surface area (Å²) in [4.78, 5) is 26.8. The number of aromatic nitrogens is 2. The molecule has 0 fully saturated rings. The Morgan fingerprint density at radius 3 is 2.17 bits per heavy atom. The number of carbonyl (C=O) groups excluding carboxylic acids is 2. The lowest BCUT2D eigenvalue weighted by molar-refractivity contribution is 0.0914. The van der Waals surface area contributed by atoms with E-state index >= 15 is 0 Å². The molecule has 0 atom stereocenters. The first-order valence-electron chi connectivity index (χ1n) is 7.28. The molecule has 3 aromatic heterocycles. The molecule has 0 aliphatic heterocycles. The van der Waals surface area contributed by atoms with Crippen molar-refractivity contribution in [2.24, 2.45) is 7.05 Å². The number of thiophene rings is 2. The number of hydrogen-bond acceptors (Lipinski definition) is 5. The summed E-state index contributed by atoms with van der Waals surface area (Å²) in [6.45, 7) is 0.852. The van der Waals surface area contributed by atoms with E-state index in [2.05, 4.69) is 15.7 Å². The van der Waals surface area contributed by atoms with Crippen LogP contribution in [0, 0.1) is 0 Å². The Kier molecular flexibility index (Phi) is 5.07. The molecule has 0 aliphatic carbocycles. The number of aryl methyl sites for hydroxylation is 1. The van der Waals surface area contributed by atoms with Gasteiger partial charge in [0.1, 0.15) is 0 Å². The van der Waals surface area contributed by atoms with E-state index in [1.165, 1.54) is 4.68 Å². The smallest absolute Gasteiger partial charge is 0.272 e. The molecule has 0 spiro atoms. The van der Waals surface area contributed by atoms with Gasteiger partial charge in [-0.15, -0.1) is 22.7 Å². The van der Waals surface area contributed by atoms with E-state index in [1.807, 2.05) is 35.0 Å². The lowest BCUT2D eigenvalue weighted by Crippen LogP contribution is -2.28. The summed E-state index contributed by atoms with van der Waals surface area (Å²) in [5.41, 5.74) is 0.412. The van der Waals surface area contributed by atoms with E-state index in [0.29, 0.717) is 13.1 Å². The van der Waals surface area contributed by atoms with E-state index < -0.39 is 0 Å². The number of nitrogens with zero attached hydrogens (tertiary/aromatic N) is 2. The minimum absolute atomic E-state index is 0.137. The zero-order valence-electron chi connectivity index (χ0n) is 13.0. The Bertz CT molecular complexity index is 755. The molecular formula is C16H16N4O2S2. The van der Waals surface area contributed by atoms with Crippen LogP contribution in [0.5, 0.6) is 0 Å². The summed E-state index contributed by atoms with van der Waals surface area (Å²) in [5.74, 6) is -0.664. The van der Waals surface area contributed by atoms with Crippen LogP contribution < -0.4 is 10.6 Å². The first kappa shape index (κ1) is 16.4. The minimum Gasteiger partial charge on any atom is -0.347 e. The van der Waals surface area contributed by atoms with Crippen LogP contribution in [-0.2, 0) is 20.1 Å². The van der Waals surface area contributed by atoms with Gasteiger partial charge in [-0.05, 0) is 22.9 Å². The molecule has 0 aromatic carbocycles. The van der Waals surface area contributed by atoms with Gasteiger partial charge in [0.2, 0.25) is 0 Å². The van der Waals surface area contributed by atoms with Crippen molar-refractivity contribution < 1.29 is 9.59 Å². The van der Waals surface area contributed by atoms with Crippen molar-refractivity contribution in [2.45, 2.75) is 13.1 Å².